The normalized spacial score (nSPS) is 14.9. The number of aliphatic hydroxyl groups is 1. The van der Waals surface area contributed by atoms with Crippen LogP contribution < -0.4 is 4.74 Å². The Kier molecular flexibility index (Phi) is 5.17. The molecule has 0 fully saturated rings. The number of nitrogens with zero attached hydrogens (tertiary/aromatic N) is 1. The maximum atomic E-state index is 10.9. The van der Waals surface area contributed by atoms with Crippen molar-refractivity contribution in [3.05, 3.63) is 29.8 Å². The smallest absolute Gasteiger partial charge is 0.119 e. The molecule has 1 rings (SSSR count). The first-order chi connectivity index (χ1) is 8.40. The molecule has 0 saturated heterocycles. The summed E-state index contributed by atoms with van der Waals surface area (Å²) < 4.78 is 5.23. The van der Waals surface area contributed by atoms with E-state index in [0.29, 0.717) is 6.42 Å². The number of rotatable bonds is 6. The summed E-state index contributed by atoms with van der Waals surface area (Å²) in [6, 6.07) is 7.72. The van der Waals surface area contributed by atoms with Crippen LogP contribution in [0.4, 0.5) is 0 Å². The SMILES string of the molecule is COc1cccc([C@](O)(CCN(C)C)C(C)C)c1. The molecular formula is C15H25NO2. The maximum Gasteiger partial charge on any atom is 0.119 e. The van der Waals surface area contributed by atoms with Crippen molar-refractivity contribution in [2.45, 2.75) is 25.9 Å². The number of hydrogen-bond donors (Lipinski definition) is 1. The molecule has 1 aromatic rings. The third kappa shape index (κ3) is 3.47. The van der Waals surface area contributed by atoms with Crippen LogP contribution in [0.1, 0.15) is 25.8 Å². The summed E-state index contributed by atoms with van der Waals surface area (Å²) in [5.74, 6) is 0.945. The lowest BCUT2D eigenvalue weighted by Gasteiger charge is -2.34. The Labute approximate surface area is 110 Å². The van der Waals surface area contributed by atoms with Crippen molar-refractivity contribution in [3.8, 4) is 5.75 Å². The summed E-state index contributed by atoms with van der Waals surface area (Å²) in [7, 11) is 5.69. The summed E-state index contributed by atoms with van der Waals surface area (Å²) in [6.45, 7) is 4.95. The van der Waals surface area contributed by atoms with E-state index in [1.807, 2.05) is 38.4 Å². The maximum absolute atomic E-state index is 10.9. The van der Waals surface area contributed by atoms with Gasteiger partial charge < -0.3 is 14.7 Å². The van der Waals surface area contributed by atoms with Crippen LogP contribution in [-0.2, 0) is 5.60 Å². The molecule has 3 nitrogen and oxygen atoms in total. The van der Waals surface area contributed by atoms with E-state index in [9.17, 15) is 5.11 Å². The van der Waals surface area contributed by atoms with E-state index in [-0.39, 0.29) is 5.92 Å². The summed E-state index contributed by atoms with van der Waals surface area (Å²) in [4.78, 5) is 2.09. The van der Waals surface area contributed by atoms with Crippen LogP contribution in [0.15, 0.2) is 24.3 Å². The van der Waals surface area contributed by atoms with Crippen LogP contribution in [0.2, 0.25) is 0 Å². The summed E-state index contributed by atoms with van der Waals surface area (Å²) in [6.07, 6.45) is 0.713. The fourth-order valence-electron chi connectivity index (χ4n) is 2.05. The monoisotopic (exact) mass is 251 g/mol. The molecule has 1 aromatic carbocycles. The average molecular weight is 251 g/mol. The Morgan fingerprint density at radius 3 is 2.50 bits per heavy atom. The van der Waals surface area contributed by atoms with E-state index >= 15 is 0 Å². The van der Waals surface area contributed by atoms with Gasteiger partial charge in [-0.25, -0.2) is 0 Å². The average Bonchev–Trinajstić information content (AvgIpc) is 2.35. The van der Waals surface area contributed by atoms with E-state index in [2.05, 4.69) is 18.7 Å². The molecule has 0 bridgehead atoms. The fraction of sp³-hybridized carbons (Fsp3) is 0.600. The second-order valence-electron chi connectivity index (χ2n) is 5.36. The van der Waals surface area contributed by atoms with Gasteiger partial charge in [-0.05, 0) is 44.1 Å². The van der Waals surface area contributed by atoms with Crippen LogP contribution in [0.25, 0.3) is 0 Å². The highest BCUT2D eigenvalue weighted by atomic mass is 16.5. The van der Waals surface area contributed by atoms with Gasteiger partial charge in [0, 0.05) is 6.54 Å². The standard InChI is InChI=1S/C15H25NO2/c1-12(2)15(17,9-10-16(3)4)13-7-6-8-14(11-13)18-5/h6-8,11-12,17H,9-10H2,1-5H3/t15-/m0/s1. The molecule has 102 valence electrons. The number of benzene rings is 1. The van der Waals surface area contributed by atoms with Crippen LogP contribution in [0, 0.1) is 5.92 Å². The molecule has 18 heavy (non-hydrogen) atoms. The fourth-order valence-corrected chi connectivity index (χ4v) is 2.05. The summed E-state index contributed by atoms with van der Waals surface area (Å²) in [5, 5.41) is 10.9. The molecule has 0 aliphatic rings. The van der Waals surface area contributed by atoms with Gasteiger partial charge in [0.2, 0.25) is 0 Å². The molecular weight excluding hydrogens is 226 g/mol. The lowest BCUT2D eigenvalue weighted by Crippen LogP contribution is -2.35. The van der Waals surface area contributed by atoms with Crippen LogP contribution in [0.5, 0.6) is 5.75 Å². The van der Waals surface area contributed by atoms with Crippen molar-refractivity contribution in [2.75, 3.05) is 27.7 Å². The minimum absolute atomic E-state index is 0.157. The second-order valence-corrected chi connectivity index (χ2v) is 5.36. The molecule has 0 heterocycles. The van der Waals surface area contributed by atoms with Gasteiger partial charge in [0.15, 0.2) is 0 Å². The van der Waals surface area contributed by atoms with Crippen molar-refractivity contribution in [3.63, 3.8) is 0 Å². The predicted molar refractivity (Wildman–Crippen MR) is 74.9 cm³/mol. The van der Waals surface area contributed by atoms with Crippen LogP contribution in [0.3, 0.4) is 0 Å². The molecule has 0 aliphatic heterocycles. The van der Waals surface area contributed by atoms with Crippen molar-refractivity contribution < 1.29 is 9.84 Å². The van der Waals surface area contributed by atoms with E-state index in [1.54, 1.807) is 7.11 Å². The first-order valence-electron chi connectivity index (χ1n) is 6.41. The first kappa shape index (κ1) is 15.0. The molecule has 0 spiro atoms. The Morgan fingerprint density at radius 1 is 1.33 bits per heavy atom. The second kappa shape index (κ2) is 6.21. The van der Waals surface area contributed by atoms with Gasteiger partial charge in [-0.2, -0.15) is 0 Å². The minimum Gasteiger partial charge on any atom is -0.497 e. The minimum atomic E-state index is -0.807. The van der Waals surface area contributed by atoms with E-state index in [1.165, 1.54) is 0 Å². The molecule has 0 saturated carbocycles. The lowest BCUT2D eigenvalue weighted by atomic mass is 9.80. The van der Waals surface area contributed by atoms with E-state index in [0.717, 1.165) is 17.9 Å². The Bertz CT molecular complexity index is 377. The number of ether oxygens (including phenoxy) is 1. The van der Waals surface area contributed by atoms with E-state index < -0.39 is 5.60 Å². The number of hydrogen-bond acceptors (Lipinski definition) is 3. The van der Waals surface area contributed by atoms with Crippen molar-refractivity contribution in [1.82, 2.24) is 4.90 Å². The third-order valence-corrected chi connectivity index (χ3v) is 3.46. The topological polar surface area (TPSA) is 32.7 Å². The highest BCUT2D eigenvalue weighted by Crippen LogP contribution is 2.34. The van der Waals surface area contributed by atoms with Gasteiger partial charge in [0.05, 0.1) is 12.7 Å². The third-order valence-electron chi connectivity index (χ3n) is 3.46. The zero-order valence-corrected chi connectivity index (χ0v) is 12.1. The molecule has 3 heteroatoms. The zero-order chi connectivity index (χ0) is 13.8. The number of methoxy groups -OCH3 is 1. The summed E-state index contributed by atoms with van der Waals surface area (Å²) >= 11 is 0. The Hall–Kier alpha value is -1.06. The molecule has 0 unspecified atom stereocenters. The van der Waals surface area contributed by atoms with Gasteiger partial charge in [-0.15, -0.1) is 0 Å². The molecule has 0 aromatic heterocycles. The highest BCUT2D eigenvalue weighted by Gasteiger charge is 2.33. The largest absolute Gasteiger partial charge is 0.497 e. The lowest BCUT2D eigenvalue weighted by molar-refractivity contribution is -0.0234. The predicted octanol–water partition coefficient (Wildman–Crippen LogP) is 2.49. The van der Waals surface area contributed by atoms with Gasteiger partial charge >= 0.3 is 0 Å². The van der Waals surface area contributed by atoms with Gasteiger partial charge in [0.25, 0.3) is 0 Å². The van der Waals surface area contributed by atoms with Crippen molar-refractivity contribution in [1.29, 1.82) is 0 Å². The van der Waals surface area contributed by atoms with Gasteiger partial charge in [-0.1, -0.05) is 26.0 Å². The van der Waals surface area contributed by atoms with E-state index in [4.69, 9.17) is 4.74 Å². The van der Waals surface area contributed by atoms with Crippen molar-refractivity contribution >= 4 is 0 Å². The van der Waals surface area contributed by atoms with Crippen LogP contribution in [-0.4, -0.2) is 37.8 Å². The van der Waals surface area contributed by atoms with Crippen LogP contribution >= 0.6 is 0 Å². The Balaban J connectivity index is 3.02. The molecule has 1 atom stereocenters. The Morgan fingerprint density at radius 2 is 2.00 bits per heavy atom. The molecule has 0 radical (unpaired) electrons. The first-order valence-corrected chi connectivity index (χ1v) is 6.41. The highest BCUT2D eigenvalue weighted by molar-refractivity contribution is 5.32. The summed E-state index contributed by atoms with van der Waals surface area (Å²) in [5.41, 5.74) is 0.123. The van der Waals surface area contributed by atoms with Crippen molar-refractivity contribution in [2.24, 2.45) is 5.92 Å². The molecule has 0 aliphatic carbocycles. The molecule has 1 N–H and O–H groups in total. The van der Waals surface area contributed by atoms with Gasteiger partial charge in [0.1, 0.15) is 5.75 Å². The zero-order valence-electron chi connectivity index (χ0n) is 12.1. The molecule has 0 amide bonds. The van der Waals surface area contributed by atoms with Gasteiger partial charge in [-0.3, -0.25) is 0 Å². The quantitative estimate of drug-likeness (QED) is 0.843.